The quantitative estimate of drug-likeness (QED) is 0.626. The topological polar surface area (TPSA) is 35.5 Å². The van der Waals surface area contributed by atoms with Crippen molar-refractivity contribution in [3.63, 3.8) is 0 Å². The van der Waals surface area contributed by atoms with Crippen LogP contribution in [0.1, 0.15) is 30.6 Å². The fourth-order valence-electron chi connectivity index (χ4n) is 2.39. The minimum Gasteiger partial charge on any atom is -0.459 e. The largest absolute Gasteiger partial charge is 0.459 e. The van der Waals surface area contributed by atoms with Gasteiger partial charge >= 0.3 is 5.97 Å². The molecule has 1 saturated heterocycles. The van der Waals surface area contributed by atoms with E-state index in [-0.39, 0.29) is 13.0 Å². The van der Waals surface area contributed by atoms with Crippen LogP contribution in [0.2, 0.25) is 0 Å². The van der Waals surface area contributed by atoms with Gasteiger partial charge in [0.1, 0.15) is 6.61 Å². The Morgan fingerprint density at radius 2 is 2.15 bits per heavy atom. The van der Waals surface area contributed by atoms with Gasteiger partial charge in [-0.2, -0.15) is 0 Å². The molecular formula is C16H19FO3. The minimum absolute atomic E-state index is 0.0526. The maximum atomic E-state index is 14.6. The zero-order valence-electron chi connectivity index (χ0n) is 11.8. The van der Waals surface area contributed by atoms with Gasteiger partial charge in [0.2, 0.25) is 0 Å². The molecule has 0 radical (unpaired) electrons. The van der Waals surface area contributed by atoms with Crippen molar-refractivity contribution in [3.05, 3.63) is 48.0 Å². The maximum absolute atomic E-state index is 14.6. The first-order valence-electron chi connectivity index (χ1n) is 6.66. The molecule has 0 spiro atoms. The second kappa shape index (κ2) is 5.75. The van der Waals surface area contributed by atoms with Gasteiger partial charge in [0.15, 0.2) is 5.67 Å². The highest BCUT2D eigenvalue weighted by Crippen LogP contribution is 2.39. The van der Waals surface area contributed by atoms with Crippen LogP contribution in [-0.4, -0.2) is 30.5 Å². The van der Waals surface area contributed by atoms with Crippen LogP contribution in [0.5, 0.6) is 0 Å². The summed E-state index contributed by atoms with van der Waals surface area (Å²) in [5.41, 5.74) is -0.615. The highest BCUT2D eigenvalue weighted by atomic mass is 19.1. The Morgan fingerprint density at radius 3 is 2.70 bits per heavy atom. The predicted octanol–water partition coefficient (Wildman–Crippen LogP) is 3.31. The number of hydrogen-bond donors (Lipinski definition) is 0. The maximum Gasteiger partial charge on any atom is 0.338 e. The number of esters is 1. The molecule has 1 unspecified atom stereocenters. The molecule has 0 amide bonds. The van der Waals surface area contributed by atoms with Crippen molar-refractivity contribution in [2.24, 2.45) is 0 Å². The Hall–Kier alpha value is -1.68. The van der Waals surface area contributed by atoms with E-state index in [2.05, 4.69) is 6.58 Å². The summed E-state index contributed by atoms with van der Waals surface area (Å²) in [5, 5.41) is 0. The Labute approximate surface area is 118 Å². The van der Waals surface area contributed by atoms with E-state index in [4.69, 9.17) is 9.47 Å². The van der Waals surface area contributed by atoms with E-state index in [9.17, 15) is 9.18 Å². The zero-order valence-corrected chi connectivity index (χ0v) is 11.8. The van der Waals surface area contributed by atoms with E-state index in [1.54, 1.807) is 38.1 Å². The van der Waals surface area contributed by atoms with Crippen LogP contribution in [0.25, 0.3) is 0 Å². The molecule has 0 aromatic heterocycles. The molecular weight excluding hydrogens is 259 g/mol. The number of rotatable bonds is 4. The second-order valence-corrected chi connectivity index (χ2v) is 5.21. The lowest BCUT2D eigenvalue weighted by atomic mass is 9.90. The summed E-state index contributed by atoms with van der Waals surface area (Å²) < 4.78 is 25.2. The molecule has 1 aliphatic rings. The van der Waals surface area contributed by atoms with Gasteiger partial charge in [-0.3, -0.25) is 0 Å². The molecule has 0 bridgehead atoms. The van der Waals surface area contributed by atoms with Crippen LogP contribution in [-0.2, 0) is 9.47 Å². The normalized spacial score (nSPS) is 29.1. The molecule has 20 heavy (non-hydrogen) atoms. The van der Waals surface area contributed by atoms with Gasteiger partial charge in [-0.15, -0.1) is 0 Å². The lowest BCUT2D eigenvalue weighted by Crippen LogP contribution is -2.31. The Morgan fingerprint density at radius 1 is 1.50 bits per heavy atom. The summed E-state index contributed by atoms with van der Waals surface area (Å²) in [7, 11) is 0. The molecule has 1 aliphatic heterocycles. The summed E-state index contributed by atoms with van der Waals surface area (Å²) in [6, 6.07) is 8.70. The molecule has 1 heterocycles. The molecule has 3 nitrogen and oxygen atoms in total. The first-order valence-corrected chi connectivity index (χ1v) is 6.66. The number of benzene rings is 1. The average Bonchev–Trinajstić information content (AvgIpc) is 2.74. The Bertz CT molecular complexity index is 500. The van der Waals surface area contributed by atoms with Gasteiger partial charge in [-0.05, 0) is 31.6 Å². The summed E-state index contributed by atoms with van der Waals surface area (Å²) in [6.07, 6.45) is -0.828. The fourth-order valence-corrected chi connectivity index (χ4v) is 2.39. The molecule has 108 valence electrons. The van der Waals surface area contributed by atoms with Crippen molar-refractivity contribution >= 4 is 5.97 Å². The fraction of sp³-hybridized carbons (Fsp3) is 0.438. The van der Waals surface area contributed by atoms with Crippen LogP contribution in [0.15, 0.2) is 42.5 Å². The first kappa shape index (κ1) is 14.7. The molecule has 1 fully saturated rings. The monoisotopic (exact) mass is 278 g/mol. The average molecular weight is 278 g/mol. The third-order valence-corrected chi connectivity index (χ3v) is 3.68. The van der Waals surface area contributed by atoms with Crippen molar-refractivity contribution in [2.45, 2.75) is 38.1 Å². The minimum atomic E-state index is -1.54. The summed E-state index contributed by atoms with van der Waals surface area (Å²) in [5.74, 6) is -0.423. The van der Waals surface area contributed by atoms with Gasteiger partial charge < -0.3 is 9.47 Å². The van der Waals surface area contributed by atoms with Crippen LogP contribution >= 0.6 is 0 Å². The predicted molar refractivity (Wildman–Crippen MR) is 74.3 cm³/mol. The second-order valence-electron chi connectivity index (χ2n) is 5.21. The van der Waals surface area contributed by atoms with Gasteiger partial charge in [-0.1, -0.05) is 24.8 Å². The highest BCUT2D eigenvalue weighted by Gasteiger charge is 2.47. The highest BCUT2D eigenvalue weighted by molar-refractivity contribution is 5.89. The Balaban J connectivity index is 1.90. The van der Waals surface area contributed by atoms with Gasteiger partial charge in [0.05, 0.1) is 17.8 Å². The number of alkyl halides is 1. The van der Waals surface area contributed by atoms with E-state index < -0.39 is 23.8 Å². The zero-order chi connectivity index (χ0) is 14.8. The van der Waals surface area contributed by atoms with Crippen molar-refractivity contribution in [2.75, 3.05) is 6.61 Å². The number of carbonyl (C=O) groups is 1. The molecule has 1 aromatic carbocycles. The molecule has 4 heteroatoms. The number of halogens is 1. The standard InChI is InChI=1S/C16H19FO3/c1-11(2)16(17)9-14(20-12(16)3)10-19-15(18)13-7-5-4-6-8-13/h4-8,12,14H,1,9-10H2,2-3H3/t12-,14-,16?/m0/s1. The van der Waals surface area contributed by atoms with E-state index in [1.165, 1.54) is 0 Å². The molecule has 2 rings (SSSR count). The number of hydrogen-bond acceptors (Lipinski definition) is 3. The molecule has 0 N–H and O–H groups in total. The van der Waals surface area contributed by atoms with Crippen LogP contribution < -0.4 is 0 Å². The van der Waals surface area contributed by atoms with Gasteiger partial charge in [0, 0.05) is 6.42 Å². The van der Waals surface area contributed by atoms with Crippen molar-refractivity contribution < 1.29 is 18.7 Å². The van der Waals surface area contributed by atoms with Gasteiger partial charge in [0.25, 0.3) is 0 Å². The lowest BCUT2D eigenvalue weighted by Gasteiger charge is -2.22. The number of ether oxygens (including phenoxy) is 2. The van der Waals surface area contributed by atoms with Gasteiger partial charge in [-0.25, -0.2) is 9.18 Å². The SMILES string of the molecule is C=C(C)C1(F)C[C@@H](COC(=O)c2ccccc2)O[C@H]1C. The molecule has 1 aromatic rings. The van der Waals surface area contributed by atoms with Crippen LogP contribution in [0.4, 0.5) is 4.39 Å². The lowest BCUT2D eigenvalue weighted by molar-refractivity contribution is -0.0137. The van der Waals surface area contributed by atoms with E-state index in [0.717, 1.165) is 0 Å². The molecule has 0 saturated carbocycles. The van der Waals surface area contributed by atoms with E-state index in [0.29, 0.717) is 11.1 Å². The van der Waals surface area contributed by atoms with Crippen LogP contribution in [0.3, 0.4) is 0 Å². The summed E-state index contributed by atoms with van der Waals surface area (Å²) >= 11 is 0. The first-order chi connectivity index (χ1) is 9.43. The van der Waals surface area contributed by atoms with Crippen LogP contribution in [0, 0.1) is 0 Å². The molecule has 3 atom stereocenters. The third-order valence-electron chi connectivity index (χ3n) is 3.68. The van der Waals surface area contributed by atoms with E-state index in [1.807, 2.05) is 6.07 Å². The number of carbonyl (C=O) groups excluding carboxylic acids is 1. The smallest absolute Gasteiger partial charge is 0.338 e. The van der Waals surface area contributed by atoms with Crippen molar-refractivity contribution in [3.8, 4) is 0 Å². The summed E-state index contributed by atoms with van der Waals surface area (Å²) in [6.45, 7) is 7.05. The van der Waals surface area contributed by atoms with Crippen molar-refractivity contribution in [1.29, 1.82) is 0 Å². The van der Waals surface area contributed by atoms with E-state index >= 15 is 0 Å². The van der Waals surface area contributed by atoms with Crippen molar-refractivity contribution in [1.82, 2.24) is 0 Å². The molecule has 0 aliphatic carbocycles. The summed E-state index contributed by atoms with van der Waals surface area (Å²) in [4.78, 5) is 11.8. The third kappa shape index (κ3) is 2.90. The Kier molecular flexibility index (Phi) is 4.23.